The van der Waals surface area contributed by atoms with Crippen LogP contribution in [0.3, 0.4) is 0 Å². The molecule has 4 aromatic rings. The van der Waals surface area contributed by atoms with Crippen molar-refractivity contribution >= 4 is 11.6 Å². The van der Waals surface area contributed by atoms with Crippen molar-refractivity contribution in [3.63, 3.8) is 0 Å². The standard InChI is InChI=1S/C23H23ClN4O2/c1-14-6-5-7-21(28-23(29)27(4)26-28)22(14)30-13-17-10-16(3)19(11-15(17)2)20-9-8-18(24)12-25-20/h5-12,26H,13H2,1-4H3. The number of ether oxygens (including phenoxy) is 1. The maximum absolute atomic E-state index is 12.1. The molecule has 0 atom stereocenters. The van der Waals surface area contributed by atoms with E-state index in [9.17, 15) is 4.79 Å². The van der Waals surface area contributed by atoms with Gasteiger partial charge in [0.1, 0.15) is 18.0 Å². The third kappa shape index (κ3) is 3.66. The number of rotatable bonds is 5. The number of hydrogen-bond donors (Lipinski definition) is 1. The molecule has 2 heterocycles. The van der Waals surface area contributed by atoms with E-state index in [0.717, 1.165) is 33.5 Å². The predicted molar refractivity (Wildman–Crippen MR) is 119 cm³/mol. The van der Waals surface area contributed by atoms with Gasteiger partial charge in [0.15, 0.2) is 0 Å². The summed E-state index contributed by atoms with van der Waals surface area (Å²) in [5.41, 5.74) is 6.81. The largest absolute Gasteiger partial charge is 0.486 e. The first-order valence-corrected chi connectivity index (χ1v) is 10.0. The van der Waals surface area contributed by atoms with Gasteiger partial charge in [-0.05, 0) is 67.3 Å². The molecular weight excluding hydrogens is 400 g/mol. The number of benzene rings is 2. The average Bonchev–Trinajstić information content (AvgIpc) is 2.73. The lowest BCUT2D eigenvalue weighted by Crippen LogP contribution is -2.40. The molecule has 0 aliphatic heterocycles. The van der Waals surface area contributed by atoms with Crippen molar-refractivity contribution in [3.05, 3.63) is 86.4 Å². The molecule has 0 aliphatic carbocycles. The minimum absolute atomic E-state index is 0.128. The van der Waals surface area contributed by atoms with Crippen molar-refractivity contribution in [2.45, 2.75) is 27.4 Å². The monoisotopic (exact) mass is 422 g/mol. The van der Waals surface area contributed by atoms with Gasteiger partial charge < -0.3 is 4.74 Å². The van der Waals surface area contributed by atoms with E-state index in [0.29, 0.717) is 23.1 Å². The Morgan fingerprint density at radius 3 is 2.53 bits per heavy atom. The molecule has 0 radical (unpaired) electrons. The van der Waals surface area contributed by atoms with Crippen molar-refractivity contribution in [2.24, 2.45) is 7.05 Å². The molecule has 0 amide bonds. The van der Waals surface area contributed by atoms with Crippen molar-refractivity contribution < 1.29 is 4.74 Å². The summed E-state index contributed by atoms with van der Waals surface area (Å²) in [6.07, 6.45) is 1.66. The van der Waals surface area contributed by atoms with Crippen LogP contribution in [0.5, 0.6) is 5.75 Å². The number of para-hydroxylation sites is 1. The van der Waals surface area contributed by atoms with Gasteiger partial charge in [0.25, 0.3) is 0 Å². The van der Waals surface area contributed by atoms with E-state index in [1.807, 2.05) is 37.3 Å². The summed E-state index contributed by atoms with van der Waals surface area (Å²) >= 11 is 5.96. The Labute approximate surface area is 179 Å². The second-order valence-electron chi connectivity index (χ2n) is 7.44. The van der Waals surface area contributed by atoms with Gasteiger partial charge in [-0.2, -0.15) is 4.68 Å². The average molecular weight is 423 g/mol. The number of H-pyrrole nitrogens is 1. The van der Waals surface area contributed by atoms with Crippen molar-refractivity contribution in [1.29, 1.82) is 0 Å². The molecule has 30 heavy (non-hydrogen) atoms. The molecular formula is C23H23ClN4O2. The molecule has 2 aromatic heterocycles. The van der Waals surface area contributed by atoms with E-state index in [1.54, 1.807) is 13.2 Å². The number of nitrogens with one attached hydrogen (secondary N) is 1. The number of aromatic amines is 1. The molecule has 0 fully saturated rings. The maximum atomic E-state index is 12.1. The van der Waals surface area contributed by atoms with Gasteiger partial charge in [-0.25, -0.2) is 14.7 Å². The number of hydrogen-bond acceptors (Lipinski definition) is 3. The summed E-state index contributed by atoms with van der Waals surface area (Å²) in [7, 11) is 1.68. The molecule has 6 nitrogen and oxygen atoms in total. The third-order valence-electron chi connectivity index (χ3n) is 5.22. The highest BCUT2D eigenvalue weighted by atomic mass is 35.5. The van der Waals surface area contributed by atoms with Crippen LogP contribution in [0.2, 0.25) is 5.02 Å². The zero-order chi connectivity index (χ0) is 21.4. The summed E-state index contributed by atoms with van der Waals surface area (Å²) < 4.78 is 9.11. The lowest BCUT2D eigenvalue weighted by molar-refractivity contribution is 0.298. The number of halogens is 1. The molecule has 1 N–H and O–H groups in total. The Hall–Kier alpha value is -3.25. The zero-order valence-electron chi connectivity index (χ0n) is 17.4. The van der Waals surface area contributed by atoms with E-state index >= 15 is 0 Å². The minimum Gasteiger partial charge on any atom is -0.486 e. The first-order chi connectivity index (χ1) is 14.3. The molecule has 4 rings (SSSR count). The highest BCUT2D eigenvalue weighted by Gasteiger charge is 2.15. The molecule has 0 spiro atoms. The first-order valence-electron chi connectivity index (χ1n) is 9.63. The predicted octanol–water partition coefficient (Wildman–Crippen LogP) is 4.72. The normalized spacial score (nSPS) is 11.1. The van der Waals surface area contributed by atoms with E-state index in [-0.39, 0.29) is 5.69 Å². The second kappa shape index (κ2) is 7.88. The van der Waals surface area contributed by atoms with Crippen LogP contribution >= 0.6 is 11.6 Å². The first kappa shape index (κ1) is 20.0. The van der Waals surface area contributed by atoms with Gasteiger partial charge in [0.2, 0.25) is 0 Å². The SMILES string of the molecule is Cc1cc(-c2ccc(Cl)cn2)c(C)cc1COc1c(C)cccc1-n1[nH]n(C)c1=O. The highest BCUT2D eigenvalue weighted by Crippen LogP contribution is 2.29. The summed E-state index contributed by atoms with van der Waals surface area (Å²) in [6.45, 7) is 6.50. The van der Waals surface area contributed by atoms with Gasteiger partial charge in [-0.3, -0.25) is 4.98 Å². The van der Waals surface area contributed by atoms with Crippen LogP contribution < -0.4 is 10.4 Å². The van der Waals surface area contributed by atoms with Gasteiger partial charge in [-0.15, -0.1) is 0 Å². The molecule has 0 unspecified atom stereocenters. The van der Waals surface area contributed by atoms with Crippen LogP contribution in [-0.4, -0.2) is 19.6 Å². The van der Waals surface area contributed by atoms with Crippen LogP contribution in [0, 0.1) is 20.8 Å². The Morgan fingerprint density at radius 1 is 1.07 bits per heavy atom. The fourth-order valence-corrected chi connectivity index (χ4v) is 3.60. The quantitative estimate of drug-likeness (QED) is 0.506. The van der Waals surface area contributed by atoms with Crippen molar-refractivity contribution in [2.75, 3.05) is 0 Å². The zero-order valence-corrected chi connectivity index (χ0v) is 18.1. The second-order valence-corrected chi connectivity index (χ2v) is 7.88. The molecule has 2 aromatic carbocycles. The van der Waals surface area contributed by atoms with Crippen LogP contribution in [0.15, 0.2) is 53.5 Å². The fraction of sp³-hybridized carbons (Fsp3) is 0.217. The van der Waals surface area contributed by atoms with Crippen molar-refractivity contribution in [1.82, 2.24) is 19.6 Å². The Balaban J connectivity index is 1.62. The molecule has 0 bridgehead atoms. The number of pyridine rings is 1. The fourth-order valence-electron chi connectivity index (χ4n) is 3.49. The number of nitrogens with zero attached hydrogens (tertiary/aromatic N) is 3. The smallest absolute Gasteiger partial charge is 0.364 e. The van der Waals surface area contributed by atoms with E-state index < -0.39 is 0 Å². The molecule has 7 heteroatoms. The lowest BCUT2D eigenvalue weighted by Gasteiger charge is -2.19. The molecule has 0 aliphatic rings. The van der Waals surface area contributed by atoms with Crippen molar-refractivity contribution in [3.8, 4) is 22.7 Å². The molecule has 0 saturated carbocycles. The Kier molecular flexibility index (Phi) is 5.26. The van der Waals surface area contributed by atoms with E-state index in [1.165, 1.54) is 9.36 Å². The number of aryl methyl sites for hydroxylation is 4. The summed E-state index contributed by atoms with van der Waals surface area (Å²) in [6, 6.07) is 13.8. The van der Waals surface area contributed by atoms with Crippen LogP contribution in [-0.2, 0) is 13.7 Å². The third-order valence-corrected chi connectivity index (χ3v) is 5.44. The van der Waals surface area contributed by atoms with Crippen LogP contribution in [0.4, 0.5) is 0 Å². The van der Waals surface area contributed by atoms with Gasteiger partial charge >= 0.3 is 5.69 Å². The summed E-state index contributed by atoms with van der Waals surface area (Å²) in [5.74, 6) is 0.687. The summed E-state index contributed by atoms with van der Waals surface area (Å²) in [4.78, 5) is 16.5. The Bertz CT molecular complexity index is 1270. The van der Waals surface area contributed by atoms with E-state index in [2.05, 4.69) is 36.2 Å². The lowest BCUT2D eigenvalue weighted by atomic mass is 9.98. The van der Waals surface area contributed by atoms with Gasteiger partial charge in [0, 0.05) is 18.8 Å². The van der Waals surface area contributed by atoms with Crippen LogP contribution in [0.1, 0.15) is 22.3 Å². The molecule has 0 saturated heterocycles. The highest BCUT2D eigenvalue weighted by molar-refractivity contribution is 6.30. The van der Waals surface area contributed by atoms with Gasteiger partial charge in [-0.1, -0.05) is 29.8 Å². The summed E-state index contributed by atoms with van der Waals surface area (Å²) in [5, 5.41) is 3.56. The molecule has 154 valence electrons. The minimum atomic E-state index is -0.128. The number of aromatic nitrogens is 4. The van der Waals surface area contributed by atoms with E-state index in [4.69, 9.17) is 16.3 Å². The topological polar surface area (TPSA) is 64.8 Å². The maximum Gasteiger partial charge on any atom is 0.364 e. The van der Waals surface area contributed by atoms with Crippen LogP contribution in [0.25, 0.3) is 16.9 Å². The Morgan fingerprint density at radius 2 is 1.87 bits per heavy atom. The van der Waals surface area contributed by atoms with Gasteiger partial charge in [0.05, 0.1) is 10.7 Å².